The zero-order valence-corrected chi connectivity index (χ0v) is 38.3. The van der Waals surface area contributed by atoms with Gasteiger partial charge in [-0.25, -0.2) is 4.39 Å². The molecule has 1 unspecified atom stereocenters. The van der Waals surface area contributed by atoms with E-state index in [2.05, 4.69) is 21.3 Å². The first-order valence-corrected chi connectivity index (χ1v) is 21.6. The number of aldehydes is 1. The maximum atomic E-state index is 15.2. The summed E-state index contributed by atoms with van der Waals surface area (Å²) in [5, 5.41) is 11.3. The fraction of sp³-hybridized carbons (Fsp3) is 0.522. The summed E-state index contributed by atoms with van der Waals surface area (Å²) in [4.78, 5) is 81.0. The predicted molar refractivity (Wildman–Crippen MR) is 242 cm³/mol. The molecule has 2 aromatic carbocycles. The molecule has 2 aromatic rings. The highest BCUT2D eigenvalue weighted by Crippen LogP contribution is 2.34. The van der Waals surface area contributed by atoms with Gasteiger partial charge in [0, 0.05) is 70.7 Å². The molecule has 0 radical (unpaired) electrons. The number of likely N-dealkylation sites (N-methyl/N-ethyl adjacent to an activating group) is 1. The van der Waals surface area contributed by atoms with Crippen molar-refractivity contribution in [2.24, 2.45) is 5.92 Å². The van der Waals surface area contributed by atoms with Crippen LogP contribution in [0.2, 0.25) is 0 Å². The number of anilines is 3. The molecular weight excluding hydrogens is 830 g/mol. The second-order valence-corrected chi connectivity index (χ2v) is 15.6. The van der Waals surface area contributed by atoms with Crippen LogP contribution in [0.5, 0.6) is 0 Å². The number of aryl methyl sites for hydroxylation is 1. The van der Waals surface area contributed by atoms with E-state index in [-0.39, 0.29) is 64.2 Å². The van der Waals surface area contributed by atoms with Crippen molar-refractivity contribution in [2.45, 2.75) is 65.8 Å². The van der Waals surface area contributed by atoms with Gasteiger partial charge in [0.1, 0.15) is 36.7 Å². The smallest absolute Gasteiger partial charge is 0.259 e. The van der Waals surface area contributed by atoms with Crippen LogP contribution in [0.4, 0.5) is 21.5 Å². The number of nitrogens with zero attached hydrogens (tertiary/aromatic N) is 3. The van der Waals surface area contributed by atoms with Crippen LogP contribution in [0.25, 0.3) is 0 Å². The summed E-state index contributed by atoms with van der Waals surface area (Å²) in [6.07, 6.45) is 4.65. The fourth-order valence-corrected chi connectivity index (χ4v) is 6.08. The average Bonchev–Trinajstić information content (AvgIpc) is 4.13. The molecule has 3 rings (SSSR count). The predicted octanol–water partition coefficient (Wildman–Crippen LogP) is 4.14. The van der Waals surface area contributed by atoms with Crippen LogP contribution >= 0.6 is 0 Å². The first-order chi connectivity index (χ1) is 30.7. The molecule has 0 aliphatic heterocycles. The number of allylic oxidation sites excluding steroid dienone is 1. The number of hydrogen-bond donors (Lipinski definition) is 4. The molecule has 0 heterocycles. The van der Waals surface area contributed by atoms with Gasteiger partial charge in [0.05, 0.1) is 43.5 Å². The Bertz CT molecular complexity index is 1940. The van der Waals surface area contributed by atoms with Crippen LogP contribution in [-0.2, 0) is 47.7 Å². The summed E-state index contributed by atoms with van der Waals surface area (Å²) in [5.41, 5.74) is 1.18. The first-order valence-electron chi connectivity index (χ1n) is 21.6. The van der Waals surface area contributed by atoms with Crippen molar-refractivity contribution in [2.75, 3.05) is 103 Å². The van der Waals surface area contributed by atoms with Crippen LogP contribution in [0.1, 0.15) is 58.4 Å². The van der Waals surface area contributed by atoms with E-state index in [4.69, 9.17) is 18.9 Å². The van der Waals surface area contributed by atoms with Crippen molar-refractivity contribution >= 4 is 53.4 Å². The Labute approximate surface area is 376 Å². The minimum atomic E-state index is -0.576. The Balaban J connectivity index is 1.49. The molecule has 18 heteroatoms. The highest BCUT2D eigenvalue weighted by molar-refractivity contribution is 6.05. The van der Waals surface area contributed by atoms with E-state index in [1.165, 1.54) is 25.1 Å². The van der Waals surface area contributed by atoms with Gasteiger partial charge in [0.15, 0.2) is 0 Å². The van der Waals surface area contributed by atoms with Crippen molar-refractivity contribution in [3.8, 4) is 0 Å². The van der Waals surface area contributed by atoms with Gasteiger partial charge < -0.3 is 50.0 Å². The van der Waals surface area contributed by atoms with Crippen LogP contribution in [0, 0.1) is 18.7 Å². The van der Waals surface area contributed by atoms with E-state index in [0.717, 1.165) is 30.6 Å². The van der Waals surface area contributed by atoms with Crippen LogP contribution in [0.3, 0.4) is 0 Å². The van der Waals surface area contributed by atoms with Gasteiger partial charge in [-0.05, 0) is 81.8 Å². The molecule has 352 valence electrons. The van der Waals surface area contributed by atoms with E-state index < -0.39 is 30.1 Å². The SMILES string of the molecule is CCC(C)C(=O)NCCCOCCOCCOCCCNC(=O)COCC(=O)Nc1cccc(N(C=O)C(=C(\C)C=O)/C(C(=O)N(C)C2CC2)=C(/Nc2ccc(C)cc2F)N(C)C)c1. The van der Waals surface area contributed by atoms with Crippen molar-refractivity contribution in [1.82, 2.24) is 20.4 Å². The third-order valence-electron chi connectivity index (χ3n) is 10.1. The molecule has 0 aromatic heterocycles. The first kappa shape index (κ1) is 52.7. The number of carbonyl (C=O) groups excluding carboxylic acids is 6. The monoisotopic (exact) mass is 895 g/mol. The molecule has 64 heavy (non-hydrogen) atoms. The number of nitrogens with one attached hydrogen (secondary N) is 4. The summed E-state index contributed by atoms with van der Waals surface area (Å²) < 4.78 is 37.0. The largest absolute Gasteiger partial charge is 0.379 e. The average molecular weight is 896 g/mol. The summed E-state index contributed by atoms with van der Waals surface area (Å²) in [7, 11) is 4.94. The van der Waals surface area contributed by atoms with Gasteiger partial charge in [-0.15, -0.1) is 0 Å². The van der Waals surface area contributed by atoms with Gasteiger partial charge >= 0.3 is 0 Å². The second kappa shape index (κ2) is 28.2. The minimum absolute atomic E-state index is 0.0152. The number of ether oxygens (including phenoxy) is 4. The Hall–Kier alpha value is -5.69. The number of benzene rings is 2. The topological polar surface area (TPSA) is 197 Å². The lowest BCUT2D eigenvalue weighted by Crippen LogP contribution is -2.38. The Kier molecular flexibility index (Phi) is 23.2. The second-order valence-electron chi connectivity index (χ2n) is 15.6. The lowest BCUT2D eigenvalue weighted by molar-refractivity contribution is -0.129. The third-order valence-corrected chi connectivity index (χ3v) is 10.1. The molecule has 0 spiro atoms. The van der Waals surface area contributed by atoms with E-state index in [1.807, 2.05) is 13.8 Å². The number of rotatable bonds is 31. The molecule has 4 N–H and O–H groups in total. The summed E-state index contributed by atoms with van der Waals surface area (Å²) in [5.74, 6) is -1.84. The molecular formula is C46H66FN7O10. The van der Waals surface area contributed by atoms with E-state index >= 15 is 4.39 Å². The van der Waals surface area contributed by atoms with E-state index in [9.17, 15) is 28.8 Å². The van der Waals surface area contributed by atoms with Crippen molar-refractivity contribution in [1.29, 1.82) is 0 Å². The molecule has 17 nitrogen and oxygen atoms in total. The number of amides is 5. The normalized spacial score (nSPS) is 13.4. The van der Waals surface area contributed by atoms with Crippen molar-refractivity contribution < 1.29 is 52.1 Å². The quantitative estimate of drug-likeness (QED) is 0.0366. The van der Waals surface area contributed by atoms with Gasteiger partial charge in [0.2, 0.25) is 24.1 Å². The fourth-order valence-electron chi connectivity index (χ4n) is 6.08. The van der Waals surface area contributed by atoms with Crippen LogP contribution in [-0.4, -0.2) is 139 Å². The Morgan fingerprint density at radius 3 is 2.03 bits per heavy atom. The molecule has 1 aliphatic rings. The third kappa shape index (κ3) is 17.8. The van der Waals surface area contributed by atoms with Gasteiger partial charge in [-0.1, -0.05) is 26.0 Å². The zero-order chi connectivity index (χ0) is 47.0. The lowest BCUT2D eigenvalue weighted by Gasteiger charge is -2.31. The molecule has 1 saturated carbocycles. The van der Waals surface area contributed by atoms with Crippen molar-refractivity contribution in [3.63, 3.8) is 0 Å². The number of carbonyl (C=O) groups is 6. The van der Waals surface area contributed by atoms with Crippen molar-refractivity contribution in [3.05, 3.63) is 76.5 Å². The van der Waals surface area contributed by atoms with Crippen LogP contribution < -0.4 is 26.2 Å². The Morgan fingerprint density at radius 1 is 0.828 bits per heavy atom. The lowest BCUT2D eigenvalue weighted by atomic mass is 10.0. The van der Waals surface area contributed by atoms with E-state index in [0.29, 0.717) is 77.4 Å². The highest BCUT2D eigenvalue weighted by Gasteiger charge is 2.36. The minimum Gasteiger partial charge on any atom is -0.379 e. The Morgan fingerprint density at radius 2 is 1.45 bits per heavy atom. The molecule has 1 atom stereocenters. The summed E-state index contributed by atoms with van der Waals surface area (Å²) >= 11 is 0. The van der Waals surface area contributed by atoms with Gasteiger partial charge in [0.25, 0.3) is 5.91 Å². The zero-order valence-electron chi connectivity index (χ0n) is 38.3. The molecule has 0 saturated heterocycles. The maximum absolute atomic E-state index is 15.2. The number of hydrogen-bond acceptors (Lipinski definition) is 12. The highest BCUT2D eigenvalue weighted by atomic mass is 19.1. The molecule has 1 fully saturated rings. The summed E-state index contributed by atoms with van der Waals surface area (Å²) in [6, 6.07) is 10.7. The summed E-state index contributed by atoms with van der Waals surface area (Å²) in [6.45, 7) is 9.83. The van der Waals surface area contributed by atoms with Gasteiger partial charge in [-0.3, -0.25) is 33.7 Å². The van der Waals surface area contributed by atoms with Gasteiger partial charge in [-0.2, -0.15) is 0 Å². The molecule has 1 aliphatic carbocycles. The standard InChI is InChI=1S/C46H66FN7O10/c1-8-33(3)45(59)49-19-11-21-62-23-25-63-24-22-61-20-10-18-48-40(57)29-64-30-41(58)50-35-12-9-13-37(27-35)54(31-56)43(34(4)28-55)42(46(60)53(7)36-15-16-36)44(52(5)6)51-39-17-14-32(2)26-38(39)47/h9,12-14,17,26-28,31,33,36,51H,8,10-11,15-16,18-25,29-30H2,1-7H3,(H,48,57)(H,49,59)(H,50,58)/b43-34+,44-42+. The molecule has 0 bridgehead atoms. The van der Waals surface area contributed by atoms with Crippen LogP contribution in [0.15, 0.2) is 65.1 Å². The van der Waals surface area contributed by atoms with E-state index in [1.54, 1.807) is 62.1 Å². The maximum Gasteiger partial charge on any atom is 0.259 e. The molecule has 5 amide bonds. The number of halogens is 1.